The van der Waals surface area contributed by atoms with Crippen LogP contribution in [0.4, 0.5) is 5.69 Å². The van der Waals surface area contributed by atoms with Crippen LogP contribution in [0.15, 0.2) is 42.6 Å². The Balaban J connectivity index is 2.26. The second-order valence-corrected chi connectivity index (χ2v) is 4.06. The van der Waals surface area contributed by atoms with Gasteiger partial charge in [0.1, 0.15) is 11.4 Å². The van der Waals surface area contributed by atoms with Gasteiger partial charge in [0.05, 0.1) is 0 Å². The molecule has 0 saturated heterocycles. The number of hydrogen-bond acceptors (Lipinski definition) is 2. The molecule has 4 nitrogen and oxygen atoms in total. The lowest BCUT2D eigenvalue weighted by atomic mass is 10.2. The third-order valence-electron chi connectivity index (χ3n) is 2.93. The van der Waals surface area contributed by atoms with Crippen LogP contribution in [0.2, 0.25) is 0 Å². The summed E-state index contributed by atoms with van der Waals surface area (Å²) in [6.07, 6.45) is 1.89. The minimum absolute atomic E-state index is 0.0625. The lowest BCUT2D eigenvalue weighted by molar-refractivity contribution is 0.0984. The zero-order valence-corrected chi connectivity index (χ0v) is 10.5. The van der Waals surface area contributed by atoms with E-state index in [9.17, 15) is 9.90 Å². The van der Waals surface area contributed by atoms with Crippen molar-refractivity contribution >= 4 is 11.6 Å². The normalized spacial score (nSPS) is 10.3. The summed E-state index contributed by atoms with van der Waals surface area (Å²) in [6.45, 7) is 2.76. The summed E-state index contributed by atoms with van der Waals surface area (Å²) in [6, 6.07) is 10.2. The molecule has 0 fully saturated rings. The SMILES string of the molecule is CCn1cccc1C(=O)N(C)c1ccc(O)cc1. The fourth-order valence-electron chi connectivity index (χ4n) is 1.85. The Hall–Kier alpha value is -2.23. The standard InChI is InChI=1S/C14H16N2O2/c1-3-16-10-4-5-13(16)14(18)15(2)11-6-8-12(17)9-7-11/h4-10,17H,3H2,1-2H3. The van der Waals surface area contributed by atoms with Gasteiger partial charge in [0, 0.05) is 25.5 Å². The lowest BCUT2D eigenvalue weighted by Crippen LogP contribution is -2.28. The van der Waals surface area contributed by atoms with Crippen LogP contribution in [0.25, 0.3) is 0 Å². The van der Waals surface area contributed by atoms with Crippen LogP contribution < -0.4 is 4.90 Å². The molecule has 0 saturated carbocycles. The Morgan fingerprint density at radius 3 is 2.56 bits per heavy atom. The molecule has 94 valence electrons. The highest BCUT2D eigenvalue weighted by atomic mass is 16.3. The third kappa shape index (κ3) is 2.22. The van der Waals surface area contributed by atoms with Gasteiger partial charge in [0.25, 0.3) is 5.91 Å². The number of aromatic hydroxyl groups is 1. The smallest absolute Gasteiger partial charge is 0.274 e. The van der Waals surface area contributed by atoms with E-state index in [2.05, 4.69) is 0 Å². The van der Waals surface area contributed by atoms with Gasteiger partial charge >= 0.3 is 0 Å². The number of hydrogen-bond donors (Lipinski definition) is 1. The maximum absolute atomic E-state index is 12.3. The van der Waals surface area contributed by atoms with Gasteiger partial charge in [-0.1, -0.05) is 0 Å². The van der Waals surface area contributed by atoms with E-state index in [4.69, 9.17) is 0 Å². The molecular formula is C14H16N2O2. The highest BCUT2D eigenvalue weighted by Gasteiger charge is 2.16. The van der Waals surface area contributed by atoms with Crippen molar-refractivity contribution in [2.24, 2.45) is 0 Å². The molecule has 1 aromatic carbocycles. The summed E-state index contributed by atoms with van der Waals surface area (Å²) >= 11 is 0. The second-order valence-electron chi connectivity index (χ2n) is 4.06. The molecule has 4 heteroatoms. The number of nitrogens with zero attached hydrogens (tertiary/aromatic N) is 2. The molecule has 1 aromatic heterocycles. The van der Waals surface area contributed by atoms with Crippen molar-refractivity contribution in [1.82, 2.24) is 4.57 Å². The number of amides is 1. The number of aryl methyl sites for hydroxylation is 1. The molecule has 0 bridgehead atoms. The molecule has 18 heavy (non-hydrogen) atoms. The van der Waals surface area contributed by atoms with Gasteiger partial charge in [0.2, 0.25) is 0 Å². The van der Waals surface area contributed by atoms with Crippen molar-refractivity contribution in [1.29, 1.82) is 0 Å². The first-order valence-corrected chi connectivity index (χ1v) is 5.85. The molecule has 0 aliphatic carbocycles. The number of phenolic OH excluding ortho intramolecular Hbond substituents is 1. The topological polar surface area (TPSA) is 45.5 Å². The van der Waals surface area contributed by atoms with Crippen LogP contribution in [-0.2, 0) is 6.54 Å². The van der Waals surface area contributed by atoms with Crippen molar-refractivity contribution < 1.29 is 9.90 Å². The molecule has 0 aliphatic heterocycles. The fourth-order valence-corrected chi connectivity index (χ4v) is 1.85. The summed E-state index contributed by atoms with van der Waals surface area (Å²) in [7, 11) is 1.72. The van der Waals surface area contributed by atoms with E-state index in [0.717, 1.165) is 12.2 Å². The first-order valence-electron chi connectivity index (χ1n) is 5.85. The predicted molar refractivity (Wildman–Crippen MR) is 70.9 cm³/mol. The van der Waals surface area contributed by atoms with E-state index in [1.54, 1.807) is 36.2 Å². The van der Waals surface area contributed by atoms with Crippen LogP contribution >= 0.6 is 0 Å². The first kappa shape index (κ1) is 12.2. The average molecular weight is 244 g/mol. The predicted octanol–water partition coefficient (Wildman–Crippen LogP) is 2.49. The summed E-state index contributed by atoms with van der Waals surface area (Å²) < 4.78 is 1.90. The van der Waals surface area contributed by atoms with Crippen LogP contribution in [0, 0.1) is 0 Å². The van der Waals surface area contributed by atoms with Crippen molar-refractivity contribution in [3.05, 3.63) is 48.3 Å². The van der Waals surface area contributed by atoms with Gasteiger partial charge < -0.3 is 14.6 Å². The van der Waals surface area contributed by atoms with Crippen LogP contribution in [0.1, 0.15) is 17.4 Å². The van der Waals surface area contributed by atoms with E-state index in [1.807, 2.05) is 29.8 Å². The molecule has 0 atom stereocenters. The highest BCUT2D eigenvalue weighted by Crippen LogP contribution is 2.19. The second kappa shape index (κ2) is 4.96. The monoisotopic (exact) mass is 244 g/mol. The summed E-state index contributed by atoms with van der Waals surface area (Å²) in [5.74, 6) is 0.129. The molecule has 2 aromatic rings. The number of anilines is 1. The quantitative estimate of drug-likeness (QED) is 0.901. The van der Waals surface area contributed by atoms with Gasteiger partial charge in [-0.2, -0.15) is 0 Å². The Morgan fingerprint density at radius 2 is 1.94 bits per heavy atom. The lowest BCUT2D eigenvalue weighted by Gasteiger charge is -2.18. The van der Waals surface area contributed by atoms with Crippen LogP contribution in [-0.4, -0.2) is 22.6 Å². The zero-order chi connectivity index (χ0) is 13.1. The molecule has 0 radical (unpaired) electrons. The van der Waals surface area contributed by atoms with Gasteiger partial charge in [-0.25, -0.2) is 0 Å². The fraction of sp³-hybridized carbons (Fsp3) is 0.214. The maximum Gasteiger partial charge on any atom is 0.274 e. The molecule has 0 unspecified atom stereocenters. The molecule has 2 rings (SSSR count). The van der Waals surface area contributed by atoms with Crippen molar-refractivity contribution in [2.45, 2.75) is 13.5 Å². The number of carbonyl (C=O) groups is 1. The Morgan fingerprint density at radius 1 is 1.28 bits per heavy atom. The van der Waals surface area contributed by atoms with Crippen molar-refractivity contribution in [3.63, 3.8) is 0 Å². The van der Waals surface area contributed by atoms with Gasteiger partial charge in [-0.15, -0.1) is 0 Å². The number of carbonyl (C=O) groups excluding carboxylic acids is 1. The summed E-state index contributed by atoms with van der Waals surface area (Å²) in [4.78, 5) is 13.9. The molecule has 1 amide bonds. The molecule has 0 aliphatic rings. The minimum Gasteiger partial charge on any atom is -0.508 e. The van der Waals surface area contributed by atoms with Gasteiger partial charge in [-0.3, -0.25) is 4.79 Å². The molecule has 1 N–H and O–H groups in total. The van der Waals surface area contributed by atoms with Gasteiger partial charge in [-0.05, 0) is 43.3 Å². The van der Waals surface area contributed by atoms with E-state index in [0.29, 0.717) is 5.69 Å². The minimum atomic E-state index is -0.0625. The largest absolute Gasteiger partial charge is 0.508 e. The van der Waals surface area contributed by atoms with Crippen molar-refractivity contribution in [2.75, 3.05) is 11.9 Å². The number of rotatable bonds is 3. The van der Waals surface area contributed by atoms with Crippen LogP contribution in [0.3, 0.4) is 0 Å². The number of benzene rings is 1. The summed E-state index contributed by atoms with van der Waals surface area (Å²) in [5, 5.41) is 9.24. The van der Waals surface area contributed by atoms with E-state index in [1.165, 1.54) is 0 Å². The molecule has 0 spiro atoms. The van der Waals surface area contributed by atoms with E-state index < -0.39 is 0 Å². The highest BCUT2D eigenvalue weighted by molar-refractivity contribution is 6.04. The molecular weight excluding hydrogens is 228 g/mol. The van der Waals surface area contributed by atoms with E-state index >= 15 is 0 Å². The Bertz CT molecular complexity index is 543. The van der Waals surface area contributed by atoms with E-state index in [-0.39, 0.29) is 11.7 Å². The van der Waals surface area contributed by atoms with Crippen LogP contribution in [0.5, 0.6) is 5.75 Å². The Labute approximate surface area is 106 Å². The number of phenols is 1. The first-order chi connectivity index (χ1) is 8.63. The van der Waals surface area contributed by atoms with Gasteiger partial charge in [0.15, 0.2) is 0 Å². The third-order valence-corrected chi connectivity index (χ3v) is 2.93. The maximum atomic E-state index is 12.3. The summed E-state index contributed by atoms with van der Waals surface area (Å²) in [5.41, 5.74) is 1.41. The Kier molecular flexibility index (Phi) is 3.37. The zero-order valence-electron chi connectivity index (χ0n) is 10.5. The molecule has 1 heterocycles. The average Bonchev–Trinajstić information content (AvgIpc) is 2.86. The van der Waals surface area contributed by atoms with Crippen molar-refractivity contribution in [3.8, 4) is 5.75 Å². The number of aromatic nitrogens is 1.